The van der Waals surface area contributed by atoms with Crippen LogP contribution in [0.3, 0.4) is 0 Å². The SMILES string of the molecule is Cc1cc(C)c(S(=O)(=O)N2CCC(C(=O)NC(C)Cn3ccnc3)CC2)c(C)c1. The first-order chi connectivity index (χ1) is 13.7. The molecule has 1 saturated heterocycles. The molecule has 3 rings (SSSR count). The third kappa shape index (κ3) is 4.87. The number of nitrogens with one attached hydrogen (secondary N) is 1. The molecule has 1 atom stereocenters. The zero-order valence-electron chi connectivity index (χ0n) is 17.6. The lowest BCUT2D eigenvalue weighted by Gasteiger charge is -2.32. The average Bonchev–Trinajstić information content (AvgIpc) is 3.13. The second kappa shape index (κ2) is 8.67. The van der Waals surface area contributed by atoms with Crippen LogP contribution in [-0.2, 0) is 21.4 Å². The van der Waals surface area contributed by atoms with Gasteiger partial charge in [-0.05, 0) is 51.7 Å². The van der Waals surface area contributed by atoms with Crippen molar-refractivity contribution in [3.05, 3.63) is 47.5 Å². The molecule has 0 spiro atoms. The molecular weight excluding hydrogens is 388 g/mol. The number of hydrogen-bond donors (Lipinski definition) is 1. The Labute approximate surface area is 173 Å². The number of nitrogens with zero attached hydrogens (tertiary/aromatic N) is 3. The van der Waals surface area contributed by atoms with Gasteiger partial charge in [0, 0.05) is 44.0 Å². The van der Waals surface area contributed by atoms with Gasteiger partial charge in [0.1, 0.15) is 0 Å². The zero-order valence-corrected chi connectivity index (χ0v) is 18.4. The molecule has 0 radical (unpaired) electrons. The lowest BCUT2D eigenvalue weighted by Crippen LogP contribution is -2.45. The van der Waals surface area contributed by atoms with Gasteiger partial charge in [0.25, 0.3) is 0 Å². The van der Waals surface area contributed by atoms with E-state index in [1.165, 1.54) is 4.31 Å². The Morgan fingerprint density at radius 2 is 1.83 bits per heavy atom. The minimum absolute atomic E-state index is 0.00244. The third-order valence-corrected chi connectivity index (χ3v) is 7.66. The zero-order chi connectivity index (χ0) is 21.2. The maximum Gasteiger partial charge on any atom is 0.243 e. The second-order valence-electron chi connectivity index (χ2n) is 8.08. The van der Waals surface area contributed by atoms with Gasteiger partial charge in [-0.25, -0.2) is 13.4 Å². The molecule has 1 fully saturated rings. The maximum atomic E-state index is 13.2. The topological polar surface area (TPSA) is 84.3 Å². The molecule has 2 aromatic rings. The third-order valence-electron chi connectivity index (χ3n) is 5.46. The van der Waals surface area contributed by atoms with E-state index in [1.807, 2.05) is 50.6 Å². The number of carbonyl (C=O) groups is 1. The van der Waals surface area contributed by atoms with Crippen LogP contribution in [0.5, 0.6) is 0 Å². The highest BCUT2D eigenvalue weighted by atomic mass is 32.2. The van der Waals surface area contributed by atoms with Crippen molar-refractivity contribution in [3.8, 4) is 0 Å². The van der Waals surface area contributed by atoms with E-state index in [0.717, 1.165) is 16.7 Å². The van der Waals surface area contributed by atoms with Gasteiger partial charge in [-0.15, -0.1) is 0 Å². The Morgan fingerprint density at radius 3 is 2.38 bits per heavy atom. The number of aromatic nitrogens is 2. The van der Waals surface area contributed by atoms with Gasteiger partial charge in [-0.1, -0.05) is 17.7 Å². The summed E-state index contributed by atoms with van der Waals surface area (Å²) in [5.41, 5.74) is 2.60. The lowest BCUT2D eigenvalue weighted by atomic mass is 9.97. The van der Waals surface area contributed by atoms with Crippen LogP contribution in [0.15, 0.2) is 35.7 Å². The molecule has 0 saturated carbocycles. The van der Waals surface area contributed by atoms with E-state index in [1.54, 1.807) is 12.5 Å². The first-order valence-corrected chi connectivity index (χ1v) is 11.5. The molecule has 29 heavy (non-hydrogen) atoms. The number of carbonyl (C=O) groups excluding carboxylic acids is 1. The largest absolute Gasteiger partial charge is 0.352 e. The summed E-state index contributed by atoms with van der Waals surface area (Å²) in [5.74, 6) is -0.163. The van der Waals surface area contributed by atoms with Crippen LogP contribution in [0, 0.1) is 26.7 Å². The first-order valence-electron chi connectivity index (χ1n) is 10.0. The van der Waals surface area contributed by atoms with Gasteiger partial charge >= 0.3 is 0 Å². The molecule has 1 amide bonds. The van der Waals surface area contributed by atoms with Gasteiger partial charge in [0.15, 0.2) is 0 Å². The molecule has 1 N–H and O–H groups in total. The fraction of sp³-hybridized carbons (Fsp3) is 0.524. The Balaban J connectivity index is 1.60. The standard InChI is InChI=1S/C21H30N4O3S/c1-15-11-16(2)20(17(3)12-15)29(27,28)25-8-5-19(6-9-25)21(26)23-18(4)13-24-10-7-22-14-24/h7,10-12,14,18-19H,5-6,8-9,13H2,1-4H3,(H,23,26). The van der Waals surface area contributed by atoms with Crippen LogP contribution in [0.2, 0.25) is 0 Å². The monoisotopic (exact) mass is 418 g/mol. The van der Waals surface area contributed by atoms with E-state index in [9.17, 15) is 13.2 Å². The molecule has 1 unspecified atom stereocenters. The highest BCUT2D eigenvalue weighted by Gasteiger charge is 2.34. The Morgan fingerprint density at radius 1 is 1.21 bits per heavy atom. The minimum Gasteiger partial charge on any atom is -0.352 e. The van der Waals surface area contributed by atoms with E-state index in [0.29, 0.717) is 37.4 Å². The number of aryl methyl sites for hydroxylation is 3. The van der Waals surface area contributed by atoms with E-state index < -0.39 is 10.0 Å². The minimum atomic E-state index is -3.56. The van der Waals surface area contributed by atoms with Gasteiger partial charge in [0.2, 0.25) is 15.9 Å². The molecule has 1 aliphatic heterocycles. The summed E-state index contributed by atoms with van der Waals surface area (Å²) in [6.07, 6.45) is 6.36. The number of piperidine rings is 1. The van der Waals surface area contributed by atoms with Gasteiger partial charge < -0.3 is 9.88 Å². The van der Waals surface area contributed by atoms with Gasteiger partial charge in [0.05, 0.1) is 11.2 Å². The maximum absolute atomic E-state index is 13.2. The molecule has 2 heterocycles. The molecule has 1 aromatic heterocycles. The Bertz CT molecular complexity index is 939. The fourth-order valence-electron chi connectivity index (χ4n) is 4.18. The van der Waals surface area contributed by atoms with E-state index in [2.05, 4.69) is 10.3 Å². The van der Waals surface area contributed by atoms with Crippen molar-refractivity contribution < 1.29 is 13.2 Å². The van der Waals surface area contributed by atoms with Crippen molar-refractivity contribution in [2.45, 2.75) is 58.0 Å². The smallest absolute Gasteiger partial charge is 0.243 e. The highest BCUT2D eigenvalue weighted by molar-refractivity contribution is 7.89. The summed E-state index contributed by atoms with van der Waals surface area (Å²) in [6.45, 7) is 9.00. The average molecular weight is 419 g/mol. The van der Waals surface area contributed by atoms with Crippen molar-refractivity contribution in [1.82, 2.24) is 19.2 Å². The summed E-state index contributed by atoms with van der Waals surface area (Å²) < 4.78 is 29.8. The fourth-order valence-corrected chi connectivity index (χ4v) is 6.06. The second-order valence-corrected chi connectivity index (χ2v) is 9.95. The van der Waals surface area contributed by atoms with Crippen molar-refractivity contribution in [2.24, 2.45) is 5.92 Å². The predicted octanol–water partition coefficient (Wildman–Crippen LogP) is 2.41. The van der Waals surface area contributed by atoms with Crippen molar-refractivity contribution in [1.29, 1.82) is 0 Å². The van der Waals surface area contributed by atoms with Crippen LogP contribution >= 0.6 is 0 Å². The lowest BCUT2D eigenvalue weighted by molar-refractivity contribution is -0.126. The summed E-state index contributed by atoms with van der Waals surface area (Å²) in [6, 6.07) is 3.79. The quantitative estimate of drug-likeness (QED) is 0.781. The van der Waals surface area contributed by atoms with Crippen LogP contribution in [0.1, 0.15) is 36.5 Å². The van der Waals surface area contributed by atoms with Crippen LogP contribution in [0.25, 0.3) is 0 Å². The molecule has 1 aliphatic rings. The predicted molar refractivity (Wildman–Crippen MR) is 112 cm³/mol. The molecular formula is C21H30N4O3S. The molecule has 158 valence electrons. The number of sulfonamides is 1. The molecule has 0 aliphatic carbocycles. The first kappa shape index (κ1) is 21.5. The highest BCUT2D eigenvalue weighted by Crippen LogP contribution is 2.28. The molecule has 8 heteroatoms. The summed E-state index contributed by atoms with van der Waals surface area (Å²) >= 11 is 0. The Hall–Kier alpha value is -2.19. The van der Waals surface area contributed by atoms with Gasteiger partial charge in [-0.2, -0.15) is 4.31 Å². The number of imidazole rings is 1. The van der Waals surface area contributed by atoms with E-state index in [4.69, 9.17) is 0 Å². The van der Waals surface area contributed by atoms with Crippen LogP contribution < -0.4 is 5.32 Å². The number of benzene rings is 1. The van der Waals surface area contributed by atoms with Crippen molar-refractivity contribution in [3.63, 3.8) is 0 Å². The van der Waals surface area contributed by atoms with E-state index >= 15 is 0 Å². The molecule has 7 nitrogen and oxygen atoms in total. The van der Waals surface area contributed by atoms with E-state index in [-0.39, 0.29) is 17.9 Å². The number of rotatable bonds is 6. The van der Waals surface area contributed by atoms with Gasteiger partial charge in [-0.3, -0.25) is 4.79 Å². The summed E-state index contributed by atoms with van der Waals surface area (Å²) in [7, 11) is -3.56. The molecule has 0 bridgehead atoms. The summed E-state index contributed by atoms with van der Waals surface area (Å²) in [4.78, 5) is 17.0. The Kier molecular flexibility index (Phi) is 6.43. The van der Waals surface area contributed by atoms with Crippen LogP contribution in [-0.4, -0.2) is 47.3 Å². The number of hydrogen-bond acceptors (Lipinski definition) is 4. The molecule has 1 aromatic carbocycles. The van der Waals surface area contributed by atoms with Crippen molar-refractivity contribution in [2.75, 3.05) is 13.1 Å². The van der Waals surface area contributed by atoms with Crippen LogP contribution in [0.4, 0.5) is 0 Å². The number of amides is 1. The summed E-state index contributed by atoms with van der Waals surface area (Å²) in [5, 5.41) is 3.04. The normalized spacial score (nSPS) is 17.2. The van der Waals surface area contributed by atoms with Crippen molar-refractivity contribution >= 4 is 15.9 Å².